The molecule has 6 heteroatoms. The van der Waals surface area contributed by atoms with Crippen LogP contribution in [0.3, 0.4) is 0 Å². The van der Waals surface area contributed by atoms with Crippen molar-refractivity contribution in [1.82, 2.24) is 20.0 Å². The molecular weight excluding hydrogens is 336 g/mol. The van der Waals surface area contributed by atoms with Crippen LogP contribution in [0.1, 0.15) is 12.5 Å². The SMILES string of the molecule is CCN(C)C[C@@H]1CN(Cc2cn[nH]c2-c2ccc(Cl)cc2)C[C@@H]1CO. The number of benzene rings is 1. The van der Waals surface area contributed by atoms with Gasteiger partial charge in [0.2, 0.25) is 0 Å². The maximum Gasteiger partial charge on any atom is 0.0695 e. The zero-order valence-electron chi connectivity index (χ0n) is 15.0. The van der Waals surface area contributed by atoms with Crippen molar-refractivity contribution in [3.63, 3.8) is 0 Å². The predicted octanol–water partition coefficient (Wildman–Crippen LogP) is 2.72. The smallest absolute Gasteiger partial charge is 0.0695 e. The van der Waals surface area contributed by atoms with Crippen LogP contribution in [0.2, 0.25) is 5.02 Å². The number of rotatable bonds is 7. The van der Waals surface area contributed by atoms with E-state index >= 15 is 0 Å². The fourth-order valence-electron chi connectivity index (χ4n) is 3.65. The number of aliphatic hydroxyl groups is 1. The molecule has 5 nitrogen and oxygen atoms in total. The largest absolute Gasteiger partial charge is 0.396 e. The first-order valence-electron chi connectivity index (χ1n) is 8.90. The molecule has 0 spiro atoms. The Hall–Kier alpha value is -1.40. The molecular formula is C19H27ClN4O. The summed E-state index contributed by atoms with van der Waals surface area (Å²) in [5.41, 5.74) is 3.33. The highest BCUT2D eigenvalue weighted by Crippen LogP contribution is 2.28. The van der Waals surface area contributed by atoms with Gasteiger partial charge in [0.1, 0.15) is 0 Å². The van der Waals surface area contributed by atoms with E-state index in [0.29, 0.717) is 11.8 Å². The maximum absolute atomic E-state index is 9.75. The van der Waals surface area contributed by atoms with Crippen LogP contribution in [0.5, 0.6) is 0 Å². The molecule has 0 aliphatic carbocycles. The summed E-state index contributed by atoms with van der Waals surface area (Å²) in [4.78, 5) is 4.76. The Balaban J connectivity index is 1.69. The zero-order valence-corrected chi connectivity index (χ0v) is 15.7. The van der Waals surface area contributed by atoms with Gasteiger partial charge in [0, 0.05) is 43.4 Å². The minimum atomic E-state index is 0.258. The van der Waals surface area contributed by atoms with Crippen LogP contribution < -0.4 is 0 Å². The number of aromatic nitrogens is 2. The van der Waals surface area contributed by atoms with Gasteiger partial charge in [-0.2, -0.15) is 5.10 Å². The molecule has 0 bridgehead atoms. The van der Waals surface area contributed by atoms with E-state index in [1.807, 2.05) is 30.5 Å². The first kappa shape index (κ1) is 18.4. The Labute approximate surface area is 154 Å². The van der Waals surface area contributed by atoms with Crippen LogP contribution in [0.15, 0.2) is 30.5 Å². The highest BCUT2D eigenvalue weighted by Gasteiger charge is 2.33. The summed E-state index contributed by atoms with van der Waals surface area (Å²) in [5.74, 6) is 0.862. The third-order valence-electron chi connectivity index (χ3n) is 5.22. The Morgan fingerprint density at radius 3 is 2.68 bits per heavy atom. The molecule has 0 saturated carbocycles. The molecule has 1 aromatic carbocycles. The number of aromatic amines is 1. The highest BCUT2D eigenvalue weighted by molar-refractivity contribution is 6.30. The third kappa shape index (κ3) is 4.42. The average Bonchev–Trinajstić information content (AvgIpc) is 3.22. The Morgan fingerprint density at radius 2 is 2.00 bits per heavy atom. The van der Waals surface area contributed by atoms with Gasteiger partial charge in [0.25, 0.3) is 0 Å². The Morgan fingerprint density at radius 1 is 1.28 bits per heavy atom. The number of H-pyrrole nitrogens is 1. The van der Waals surface area contributed by atoms with E-state index in [4.69, 9.17) is 11.6 Å². The van der Waals surface area contributed by atoms with Crippen molar-refractivity contribution in [2.75, 3.05) is 39.8 Å². The molecule has 0 unspecified atom stereocenters. The van der Waals surface area contributed by atoms with Crippen LogP contribution in [0.4, 0.5) is 0 Å². The van der Waals surface area contributed by atoms with Crippen LogP contribution in [-0.4, -0.2) is 64.9 Å². The summed E-state index contributed by atoms with van der Waals surface area (Å²) in [6, 6.07) is 7.82. The van der Waals surface area contributed by atoms with Crippen molar-refractivity contribution >= 4 is 11.6 Å². The fraction of sp³-hybridized carbons (Fsp3) is 0.526. The highest BCUT2D eigenvalue weighted by atomic mass is 35.5. The normalized spacial score (nSPS) is 21.3. The lowest BCUT2D eigenvalue weighted by molar-refractivity contribution is 0.177. The number of hydrogen-bond acceptors (Lipinski definition) is 4. The number of halogens is 1. The van der Waals surface area contributed by atoms with Crippen molar-refractivity contribution in [1.29, 1.82) is 0 Å². The van der Waals surface area contributed by atoms with Gasteiger partial charge in [0.15, 0.2) is 0 Å². The van der Waals surface area contributed by atoms with Crippen molar-refractivity contribution in [2.24, 2.45) is 11.8 Å². The van der Waals surface area contributed by atoms with Crippen molar-refractivity contribution < 1.29 is 5.11 Å². The van der Waals surface area contributed by atoms with Crippen LogP contribution in [0.25, 0.3) is 11.3 Å². The maximum atomic E-state index is 9.75. The minimum Gasteiger partial charge on any atom is -0.396 e. The number of hydrogen-bond donors (Lipinski definition) is 2. The molecule has 2 atom stereocenters. The van der Waals surface area contributed by atoms with Crippen molar-refractivity contribution in [3.8, 4) is 11.3 Å². The van der Waals surface area contributed by atoms with Gasteiger partial charge in [-0.05, 0) is 43.1 Å². The van der Waals surface area contributed by atoms with Crippen LogP contribution in [-0.2, 0) is 6.54 Å². The third-order valence-corrected chi connectivity index (χ3v) is 5.47. The monoisotopic (exact) mass is 362 g/mol. The summed E-state index contributed by atoms with van der Waals surface area (Å²) < 4.78 is 0. The van der Waals surface area contributed by atoms with Gasteiger partial charge in [-0.25, -0.2) is 0 Å². The van der Waals surface area contributed by atoms with E-state index in [1.54, 1.807) is 0 Å². The van der Waals surface area contributed by atoms with Gasteiger partial charge in [0.05, 0.1) is 11.9 Å². The lowest BCUT2D eigenvalue weighted by atomic mass is 9.96. The summed E-state index contributed by atoms with van der Waals surface area (Å²) in [6.07, 6.45) is 1.91. The number of nitrogens with one attached hydrogen (secondary N) is 1. The number of nitrogens with zero attached hydrogens (tertiary/aromatic N) is 3. The number of likely N-dealkylation sites (tertiary alicyclic amines) is 1. The molecule has 3 rings (SSSR count). The molecule has 1 saturated heterocycles. The van der Waals surface area contributed by atoms with Crippen LogP contribution >= 0.6 is 11.6 Å². The van der Waals surface area contributed by atoms with Crippen LogP contribution in [0, 0.1) is 11.8 Å². The minimum absolute atomic E-state index is 0.258. The van der Waals surface area contributed by atoms with Crippen molar-refractivity contribution in [3.05, 3.63) is 41.0 Å². The first-order chi connectivity index (χ1) is 12.1. The van der Waals surface area contributed by atoms with E-state index in [-0.39, 0.29) is 6.61 Å². The molecule has 1 aromatic heterocycles. The summed E-state index contributed by atoms with van der Waals surface area (Å²) in [5, 5.41) is 17.8. The van der Waals surface area contributed by atoms with Gasteiger partial charge in [-0.15, -0.1) is 0 Å². The fourth-order valence-corrected chi connectivity index (χ4v) is 3.77. The first-order valence-corrected chi connectivity index (χ1v) is 9.28. The summed E-state index contributed by atoms with van der Waals surface area (Å²) in [6.45, 7) is 7.30. The second-order valence-corrected chi connectivity index (χ2v) is 7.47. The van der Waals surface area contributed by atoms with E-state index < -0.39 is 0 Å². The topological polar surface area (TPSA) is 55.4 Å². The molecule has 25 heavy (non-hydrogen) atoms. The molecule has 1 aliphatic heterocycles. The zero-order chi connectivity index (χ0) is 17.8. The van der Waals surface area contributed by atoms with Crippen molar-refractivity contribution in [2.45, 2.75) is 13.5 Å². The number of aliphatic hydroxyl groups excluding tert-OH is 1. The molecule has 2 N–H and O–H groups in total. The van der Waals surface area contributed by atoms with Gasteiger partial charge >= 0.3 is 0 Å². The molecule has 0 amide bonds. The van der Waals surface area contributed by atoms with Gasteiger partial charge in [-0.1, -0.05) is 30.7 Å². The average molecular weight is 363 g/mol. The summed E-state index contributed by atoms with van der Waals surface area (Å²) in [7, 11) is 2.14. The van der Waals surface area contributed by atoms with Gasteiger partial charge < -0.3 is 10.0 Å². The quantitative estimate of drug-likeness (QED) is 0.795. The second-order valence-electron chi connectivity index (χ2n) is 7.03. The Kier molecular flexibility index (Phi) is 6.12. The molecule has 136 valence electrons. The lowest BCUT2D eigenvalue weighted by Crippen LogP contribution is -2.31. The Bertz CT molecular complexity index is 672. The molecule has 2 heterocycles. The predicted molar refractivity (Wildman–Crippen MR) is 102 cm³/mol. The van der Waals surface area contributed by atoms with E-state index in [9.17, 15) is 5.11 Å². The molecule has 2 aromatic rings. The standard InChI is InChI=1S/C19H27ClN4O/c1-3-23(2)9-16-11-24(12-17(16)13-25)10-15-8-21-22-19(15)14-4-6-18(20)7-5-14/h4-8,16-17,25H,3,9-13H2,1-2H3,(H,21,22)/t16-,17-/m1/s1. The van der Waals surface area contributed by atoms with E-state index in [1.165, 1.54) is 5.56 Å². The van der Waals surface area contributed by atoms with E-state index in [2.05, 4.69) is 34.0 Å². The molecule has 1 fully saturated rings. The molecule has 1 aliphatic rings. The lowest BCUT2D eigenvalue weighted by Gasteiger charge is -2.22. The van der Waals surface area contributed by atoms with Gasteiger partial charge in [-0.3, -0.25) is 10.00 Å². The van der Waals surface area contributed by atoms with E-state index in [0.717, 1.165) is 49.0 Å². The summed E-state index contributed by atoms with van der Waals surface area (Å²) >= 11 is 5.99. The second kappa shape index (κ2) is 8.32. The molecule has 0 radical (unpaired) electrons.